The maximum absolute atomic E-state index is 12.7. The van der Waals surface area contributed by atoms with Crippen molar-refractivity contribution in [1.29, 1.82) is 0 Å². The fourth-order valence-corrected chi connectivity index (χ4v) is 4.16. The number of likely N-dealkylation sites (tertiary alicyclic amines) is 1. The Morgan fingerprint density at radius 1 is 1.21 bits per heavy atom. The Bertz CT molecular complexity index is 1060. The average molecular weight is 392 g/mol. The van der Waals surface area contributed by atoms with E-state index in [-0.39, 0.29) is 11.8 Å². The number of pyridine rings is 1. The van der Waals surface area contributed by atoms with Gasteiger partial charge >= 0.3 is 0 Å². The van der Waals surface area contributed by atoms with Gasteiger partial charge in [0.05, 0.1) is 11.7 Å². The number of carbonyl (C=O) groups excluding carboxylic acids is 2. The van der Waals surface area contributed by atoms with E-state index in [0.29, 0.717) is 16.9 Å². The molecule has 150 valence electrons. The highest BCUT2D eigenvalue weighted by Gasteiger charge is 2.45. The van der Waals surface area contributed by atoms with Crippen LogP contribution < -0.4 is 5.32 Å². The molecule has 1 atom stereocenters. The van der Waals surface area contributed by atoms with Crippen molar-refractivity contribution in [3.05, 3.63) is 42.5 Å². The number of nitrogens with one attached hydrogen (secondary N) is 2. The predicted molar refractivity (Wildman–Crippen MR) is 108 cm³/mol. The van der Waals surface area contributed by atoms with Crippen molar-refractivity contribution < 1.29 is 9.59 Å². The van der Waals surface area contributed by atoms with Crippen molar-refractivity contribution in [2.75, 3.05) is 13.1 Å². The number of rotatable bonds is 4. The monoisotopic (exact) mass is 392 g/mol. The first kappa shape index (κ1) is 17.9. The number of hydrogen-bond donors (Lipinski definition) is 2. The van der Waals surface area contributed by atoms with Gasteiger partial charge in [0, 0.05) is 30.9 Å². The molecule has 3 aromatic rings. The van der Waals surface area contributed by atoms with Gasteiger partial charge in [-0.3, -0.25) is 9.59 Å². The molecule has 3 aromatic heterocycles. The maximum atomic E-state index is 12.7. The molecule has 1 aliphatic heterocycles. The lowest BCUT2D eigenvalue weighted by Gasteiger charge is -2.33. The standard InChI is InChI=1S/C21H24N6O2/c1-14(20(29)26-9-5-21(3-4-21)6-10-26)24-19(28)16-11-15-12-18(22-13-17(15)25-16)27-8-2-7-23-27/h2,7-8,11-14,25H,3-6,9-10H2,1H3,(H,24,28)/t14-/m0/s1. The predicted octanol–water partition coefficient (Wildman–Crippen LogP) is 2.27. The van der Waals surface area contributed by atoms with E-state index in [2.05, 4.69) is 20.4 Å². The fraction of sp³-hybridized carbons (Fsp3) is 0.429. The number of amides is 2. The molecule has 0 bridgehead atoms. The Labute approximate surface area is 168 Å². The second kappa shape index (κ2) is 6.72. The lowest BCUT2D eigenvalue weighted by molar-refractivity contribution is -0.134. The molecule has 0 radical (unpaired) electrons. The van der Waals surface area contributed by atoms with Gasteiger partial charge < -0.3 is 15.2 Å². The number of fused-ring (bicyclic) bond motifs is 1. The highest BCUT2D eigenvalue weighted by molar-refractivity contribution is 6.00. The first-order valence-corrected chi connectivity index (χ1v) is 10.1. The topological polar surface area (TPSA) is 95.9 Å². The highest BCUT2D eigenvalue weighted by atomic mass is 16.2. The minimum atomic E-state index is -0.556. The molecule has 29 heavy (non-hydrogen) atoms. The molecule has 2 aliphatic rings. The summed E-state index contributed by atoms with van der Waals surface area (Å²) in [6.07, 6.45) is 9.97. The molecule has 1 saturated heterocycles. The molecule has 2 fully saturated rings. The van der Waals surface area contributed by atoms with Crippen molar-refractivity contribution in [2.45, 2.75) is 38.6 Å². The van der Waals surface area contributed by atoms with E-state index in [0.717, 1.165) is 36.8 Å². The lowest BCUT2D eigenvalue weighted by atomic mass is 9.93. The van der Waals surface area contributed by atoms with Crippen LogP contribution in [0.15, 0.2) is 36.8 Å². The van der Waals surface area contributed by atoms with Crippen LogP contribution in [0.2, 0.25) is 0 Å². The van der Waals surface area contributed by atoms with Crippen LogP contribution in [-0.4, -0.2) is 55.6 Å². The number of H-pyrrole nitrogens is 1. The van der Waals surface area contributed by atoms with Crippen molar-refractivity contribution in [3.63, 3.8) is 0 Å². The summed E-state index contributed by atoms with van der Waals surface area (Å²) in [5.41, 5.74) is 1.70. The molecule has 5 rings (SSSR count). The number of piperidine rings is 1. The van der Waals surface area contributed by atoms with Crippen LogP contribution in [0.5, 0.6) is 0 Å². The van der Waals surface area contributed by atoms with Gasteiger partial charge in [-0.1, -0.05) is 0 Å². The largest absolute Gasteiger partial charge is 0.349 e. The second-order valence-electron chi connectivity index (χ2n) is 8.28. The van der Waals surface area contributed by atoms with Crippen LogP contribution >= 0.6 is 0 Å². The molecule has 4 heterocycles. The van der Waals surface area contributed by atoms with Crippen molar-refractivity contribution in [3.8, 4) is 5.82 Å². The van der Waals surface area contributed by atoms with E-state index in [9.17, 15) is 9.59 Å². The maximum Gasteiger partial charge on any atom is 0.268 e. The Morgan fingerprint density at radius 2 is 2.00 bits per heavy atom. The third-order valence-electron chi connectivity index (χ3n) is 6.29. The third-order valence-corrected chi connectivity index (χ3v) is 6.29. The number of nitrogens with zero attached hydrogens (tertiary/aromatic N) is 4. The molecule has 2 N–H and O–H groups in total. The van der Waals surface area contributed by atoms with Crippen LogP contribution in [0.4, 0.5) is 0 Å². The number of aromatic nitrogens is 4. The van der Waals surface area contributed by atoms with Crippen LogP contribution in [-0.2, 0) is 4.79 Å². The Balaban J connectivity index is 1.26. The summed E-state index contributed by atoms with van der Waals surface area (Å²) in [6.45, 7) is 3.35. The normalized spacial score (nSPS) is 18.7. The number of hydrogen-bond acceptors (Lipinski definition) is 4. The molecule has 0 unspecified atom stereocenters. The Kier molecular flexibility index (Phi) is 4.15. The third kappa shape index (κ3) is 3.39. The number of aromatic amines is 1. The molecular formula is C21H24N6O2. The van der Waals surface area contributed by atoms with Crippen molar-refractivity contribution >= 4 is 22.7 Å². The summed E-state index contributed by atoms with van der Waals surface area (Å²) >= 11 is 0. The Hall–Kier alpha value is -3.16. The van der Waals surface area contributed by atoms with Crippen LogP contribution in [0, 0.1) is 5.41 Å². The summed E-state index contributed by atoms with van der Waals surface area (Å²) in [5.74, 6) is 0.376. The molecule has 2 amide bonds. The van der Waals surface area contributed by atoms with Gasteiger partial charge in [-0.2, -0.15) is 5.10 Å². The summed E-state index contributed by atoms with van der Waals surface area (Å²) in [7, 11) is 0. The first-order chi connectivity index (χ1) is 14.0. The van der Waals surface area contributed by atoms with E-state index in [1.165, 1.54) is 12.8 Å². The van der Waals surface area contributed by atoms with Gasteiger partial charge in [-0.25, -0.2) is 9.67 Å². The quantitative estimate of drug-likeness (QED) is 0.712. The smallest absolute Gasteiger partial charge is 0.268 e. The molecule has 0 aromatic carbocycles. The van der Waals surface area contributed by atoms with E-state index >= 15 is 0 Å². The summed E-state index contributed by atoms with van der Waals surface area (Å²) in [6, 6.07) is 4.91. The highest BCUT2D eigenvalue weighted by Crippen LogP contribution is 2.53. The molecule has 8 heteroatoms. The zero-order valence-corrected chi connectivity index (χ0v) is 16.4. The van der Waals surface area contributed by atoms with E-state index in [1.807, 2.05) is 23.2 Å². The average Bonchev–Trinajstić information content (AvgIpc) is 3.15. The van der Waals surface area contributed by atoms with E-state index in [4.69, 9.17) is 0 Å². The Morgan fingerprint density at radius 3 is 2.69 bits per heavy atom. The van der Waals surface area contributed by atoms with Gasteiger partial charge in [-0.15, -0.1) is 0 Å². The molecule has 1 saturated carbocycles. The molecular weight excluding hydrogens is 368 g/mol. The minimum Gasteiger partial charge on any atom is -0.349 e. The zero-order valence-electron chi connectivity index (χ0n) is 16.4. The van der Waals surface area contributed by atoms with Gasteiger partial charge in [0.2, 0.25) is 5.91 Å². The molecule has 1 aliphatic carbocycles. The zero-order chi connectivity index (χ0) is 20.0. The van der Waals surface area contributed by atoms with E-state index in [1.54, 1.807) is 30.1 Å². The van der Waals surface area contributed by atoms with Gasteiger partial charge in [0.15, 0.2) is 5.82 Å². The fourth-order valence-electron chi connectivity index (χ4n) is 4.16. The first-order valence-electron chi connectivity index (χ1n) is 10.1. The summed E-state index contributed by atoms with van der Waals surface area (Å²) in [5, 5.41) is 7.87. The SMILES string of the molecule is C[C@H](NC(=O)c1cc2cc(-n3cccn3)ncc2[nH]1)C(=O)N1CCC2(CC1)CC2. The number of carbonyl (C=O) groups is 2. The summed E-state index contributed by atoms with van der Waals surface area (Å²) < 4.78 is 1.66. The van der Waals surface area contributed by atoms with Gasteiger partial charge in [0.25, 0.3) is 5.91 Å². The van der Waals surface area contributed by atoms with Gasteiger partial charge in [-0.05, 0) is 56.2 Å². The van der Waals surface area contributed by atoms with Crippen LogP contribution in [0.1, 0.15) is 43.1 Å². The summed E-state index contributed by atoms with van der Waals surface area (Å²) in [4.78, 5) is 34.7. The van der Waals surface area contributed by atoms with Crippen LogP contribution in [0.25, 0.3) is 16.7 Å². The molecule has 8 nitrogen and oxygen atoms in total. The van der Waals surface area contributed by atoms with Crippen molar-refractivity contribution in [1.82, 2.24) is 30.0 Å². The van der Waals surface area contributed by atoms with Crippen LogP contribution in [0.3, 0.4) is 0 Å². The second-order valence-corrected chi connectivity index (χ2v) is 8.28. The minimum absolute atomic E-state index is 0.00686. The lowest BCUT2D eigenvalue weighted by Crippen LogP contribution is -2.49. The molecule has 1 spiro atoms. The van der Waals surface area contributed by atoms with Crippen molar-refractivity contribution in [2.24, 2.45) is 5.41 Å². The van der Waals surface area contributed by atoms with E-state index < -0.39 is 6.04 Å². The van der Waals surface area contributed by atoms with Gasteiger partial charge in [0.1, 0.15) is 11.7 Å².